The maximum absolute atomic E-state index is 12.3. The predicted octanol–water partition coefficient (Wildman–Crippen LogP) is 2.07. The van der Waals surface area contributed by atoms with Crippen molar-refractivity contribution in [2.75, 3.05) is 0 Å². The summed E-state index contributed by atoms with van der Waals surface area (Å²) in [6, 6.07) is 5.92. The predicted molar refractivity (Wildman–Crippen MR) is 75.8 cm³/mol. The minimum atomic E-state index is -3.52. The average Bonchev–Trinajstić information content (AvgIpc) is 2.94. The molecular formula is C14H17N3O2S. The monoisotopic (exact) mass is 291 g/mol. The van der Waals surface area contributed by atoms with Gasteiger partial charge in [-0.15, -0.1) is 0 Å². The van der Waals surface area contributed by atoms with Crippen LogP contribution in [0.3, 0.4) is 0 Å². The number of fused-ring (bicyclic) bond motifs is 1. The summed E-state index contributed by atoms with van der Waals surface area (Å²) in [6.07, 6.45) is 5.56. The number of aromatic amines is 1. The summed E-state index contributed by atoms with van der Waals surface area (Å²) in [5, 5.41) is 6.23. The van der Waals surface area contributed by atoms with Gasteiger partial charge in [0.05, 0.1) is 6.20 Å². The zero-order valence-electron chi connectivity index (χ0n) is 11.3. The molecule has 1 heterocycles. The highest BCUT2D eigenvalue weighted by Gasteiger charge is 2.26. The van der Waals surface area contributed by atoms with Crippen molar-refractivity contribution >= 4 is 10.0 Å². The molecule has 6 heteroatoms. The molecule has 5 nitrogen and oxygen atoms in total. The molecule has 0 fully saturated rings. The Morgan fingerprint density at radius 3 is 3.00 bits per heavy atom. The van der Waals surface area contributed by atoms with Gasteiger partial charge in [-0.3, -0.25) is 5.10 Å². The largest absolute Gasteiger partial charge is 0.284 e. The summed E-state index contributed by atoms with van der Waals surface area (Å²) >= 11 is 0. The molecule has 2 aromatic rings. The zero-order valence-corrected chi connectivity index (χ0v) is 12.1. The van der Waals surface area contributed by atoms with Gasteiger partial charge in [0, 0.05) is 12.2 Å². The molecule has 0 saturated heterocycles. The summed E-state index contributed by atoms with van der Waals surface area (Å²) < 4.78 is 27.4. The molecule has 1 atom stereocenters. The van der Waals surface area contributed by atoms with Crippen LogP contribution in [0.5, 0.6) is 0 Å². The van der Waals surface area contributed by atoms with Crippen LogP contribution >= 0.6 is 0 Å². The maximum Gasteiger partial charge on any atom is 0.244 e. The first-order chi connectivity index (χ1) is 9.58. The lowest BCUT2D eigenvalue weighted by atomic mass is 9.86. The van der Waals surface area contributed by atoms with Gasteiger partial charge in [0.25, 0.3) is 0 Å². The second-order valence-corrected chi connectivity index (χ2v) is 6.86. The first kappa shape index (κ1) is 13.3. The van der Waals surface area contributed by atoms with E-state index in [0.717, 1.165) is 24.8 Å². The van der Waals surface area contributed by atoms with Crippen LogP contribution in [-0.2, 0) is 16.4 Å². The van der Waals surface area contributed by atoms with Crippen LogP contribution in [0.4, 0.5) is 0 Å². The minimum Gasteiger partial charge on any atom is -0.284 e. The molecule has 0 radical (unpaired) electrons. The van der Waals surface area contributed by atoms with Crippen LogP contribution in [0.2, 0.25) is 0 Å². The number of nitrogens with zero attached hydrogens (tertiary/aromatic N) is 1. The van der Waals surface area contributed by atoms with Crippen LogP contribution in [0.1, 0.15) is 35.6 Å². The number of sulfonamides is 1. The number of H-pyrrole nitrogens is 1. The van der Waals surface area contributed by atoms with Crippen molar-refractivity contribution in [2.45, 2.75) is 37.1 Å². The van der Waals surface area contributed by atoms with Gasteiger partial charge in [0.1, 0.15) is 4.90 Å². The summed E-state index contributed by atoms with van der Waals surface area (Å²) in [4.78, 5) is 0.178. The van der Waals surface area contributed by atoms with E-state index in [0.29, 0.717) is 0 Å². The lowest BCUT2D eigenvalue weighted by Gasteiger charge is -2.27. The molecule has 1 aliphatic carbocycles. The van der Waals surface area contributed by atoms with E-state index in [1.165, 1.54) is 23.5 Å². The molecule has 0 aliphatic heterocycles. The van der Waals surface area contributed by atoms with E-state index in [9.17, 15) is 8.42 Å². The molecule has 20 heavy (non-hydrogen) atoms. The van der Waals surface area contributed by atoms with Crippen LogP contribution in [0.25, 0.3) is 0 Å². The summed E-state index contributed by atoms with van der Waals surface area (Å²) in [5.41, 5.74) is 3.61. The maximum atomic E-state index is 12.3. The van der Waals surface area contributed by atoms with Crippen molar-refractivity contribution in [1.29, 1.82) is 0 Å². The Bertz CT molecular complexity index is 708. The van der Waals surface area contributed by atoms with Crippen LogP contribution in [-0.4, -0.2) is 18.6 Å². The summed E-state index contributed by atoms with van der Waals surface area (Å²) in [7, 11) is -3.52. The van der Waals surface area contributed by atoms with Crippen LogP contribution < -0.4 is 4.72 Å². The normalized spacial score (nSPS) is 18.8. The van der Waals surface area contributed by atoms with Crippen molar-refractivity contribution in [2.24, 2.45) is 0 Å². The van der Waals surface area contributed by atoms with Crippen molar-refractivity contribution in [3.8, 4) is 0 Å². The number of aromatic nitrogens is 2. The fourth-order valence-electron chi connectivity index (χ4n) is 2.80. The standard InChI is InChI=1S/C14H17N3O2S/c1-10-4-2-6-13-12(10)5-3-7-14(13)17-20(18,19)11-8-15-16-9-11/h2,4,6,8-9,14,17H,3,5,7H2,1H3,(H,15,16). The van der Waals surface area contributed by atoms with Gasteiger partial charge in [0.15, 0.2) is 0 Å². The highest BCUT2D eigenvalue weighted by atomic mass is 32.2. The number of benzene rings is 1. The minimum absolute atomic E-state index is 0.154. The Labute approximate surface area is 118 Å². The molecule has 1 aromatic heterocycles. The molecule has 106 valence electrons. The molecule has 0 saturated carbocycles. The average molecular weight is 291 g/mol. The molecule has 0 bridgehead atoms. The molecule has 1 unspecified atom stereocenters. The van der Waals surface area contributed by atoms with E-state index in [1.807, 2.05) is 12.1 Å². The molecular weight excluding hydrogens is 274 g/mol. The first-order valence-corrected chi connectivity index (χ1v) is 8.16. The van der Waals surface area contributed by atoms with Gasteiger partial charge in [-0.1, -0.05) is 18.2 Å². The second kappa shape index (κ2) is 5.03. The quantitative estimate of drug-likeness (QED) is 0.909. The van der Waals surface area contributed by atoms with Gasteiger partial charge < -0.3 is 0 Å². The topological polar surface area (TPSA) is 74.8 Å². The third kappa shape index (κ3) is 2.36. The fraction of sp³-hybridized carbons (Fsp3) is 0.357. The van der Waals surface area contributed by atoms with Crippen molar-refractivity contribution in [1.82, 2.24) is 14.9 Å². The fourth-order valence-corrected chi connectivity index (χ4v) is 3.95. The van der Waals surface area contributed by atoms with Crippen molar-refractivity contribution < 1.29 is 8.42 Å². The number of nitrogens with one attached hydrogen (secondary N) is 2. The second-order valence-electron chi connectivity index (χ2n) is 5.14. The SMILES string of the molecule is Cc1cccc2c1CCCC2NS(=O)(=O)c1cn[nH]c1. The van der Waals surface area contributed by atoms with E-state index in [2.05, 4.69) is 27.9 Å². The van der Waals surface area contributed by atoms with Crippen LogP contribution in [0, 0.1) is 6.92 Å². The Morgan fingerprint density at radius 1 is 1.40 bits per heavy atom. The van der Waals surface area contributed by atoms with Gasteiger partial charge in [-0.2, -0.15) is 5.10 Å². The zero-order chi connectivity index (χ0) is 14.2. The van der Waals surface area contributed by atoms with Crippen LogP contribution in [0.15, 0.2) is 35.5 Å². The molecule has 0 amide bonds. The number of rotatable bonds is 3. The Balaban J connectivity index is 1.93. The Kier molecular flexibility index (Phi) is 3.35. The third-order valence-electron chi connectivity index (χ3n) is 3.82. The lowest BCUT2D eigenvalue weighted by molar-refractivity contribution is 0.506. The van der Waals surface area contributed by atoms with E-state index in [4.69, 9.17) is 0 Å². The van der Waals surface area contributed by atoms with Gasteiger partial charge in [-0.25, -0.2) is 13.1 Å². The molecule has 0 spiro atoms. The summed E-state index contributed by atoms with van der Waals surface area (Å²) in [6.45, 7) is 2.08. The van der Waals surface area contributed by atoms with E-state index in [1.54, 1.807) is 0 Å². The molecule has 2 N–H and O–H groups in total. The number of hydrogen-bond donors (Lipinski definition) is 2. The molecule has 3 rings (SSSR count). The van der Waals surface area contributed by atoms with Gasteiger partial charge in [-0.05, 0) is 42.9 Å². The Hall–Kier alpha value is -1.66. The van der Waals surface area contributed by atoms with E-state index in [-0.39, 0.29) is 10.9 Å². The summed E-state index contributed by atoms with van der Waals surface area (Å²) in [5.74, 6) is 0. The smallest absolute Gasteiger partial charge is 0.244 e. The molecule has 1 aromatic carbocycles. The number of hydrogen-bond acceptors (Lipinski definition) is 3. The van der Waals surface area contributed by atoms with Crippen molar-refractivity contribution in [3.05, 3.63) is 47.3 Å². The lowest BCUT2D eigenvalue weighted by Crippen LogP contribution is -2.31. The number of aryl methyl sites for hydroxylation is 1. The molecule has 1 aliphatic rings. The Morgan fingerprint density at radius 2 is 2.25 bits per heavy atom. The highest BCUT2D eigenvalue weighted by Crippen LogP contribution is 2.32. The first-order valence-electron chi connectivity index (χ1n) is 6.67. The van der Waals surface area contributed by atoms with Gasteiger partial charge in [0.2, 0.25) is 10.0 Å². The highest BCUT2D eigenvalue weighted by molar-refractivity contribution is 7.89. The van der Waals surface area contributed by atoms with E-state index < -0.39 is 10.0 Å². The van der Waals surface area contributed by atoms with Gasteiger partial charge >= 0.3 is 0 Å². The van der Waals surface area contributed by atoms with Crippen molar-refractivity contribution in [3.63, 3.8) is 0 Å². The third-order valence-corrected chi connectivity index (χ3v) is 5.26. The van der Waals surface area contributed by atoms with E-state index >= 15 is 0 Å².